The molecule has 0 aliphatic carbocycles. The lowest BCUT2D eigenvalue weighted by Gasteiger charge is -2.18. The number of likely N-dealkylation sites (N-methyl/N-ethyl adjacent to an activating group) is 1. The van der Waals surface area contributed by atoms with E-state index in [2.05, 4.69) is 5.32 Å². The largest absolute Gasteiger partial charge is 0.395 e. The van der Waals surface area contributed by atoms with E-state index in [9.17, 15) is 13.6 Å². The highest BCUT2D eigenvalue weighted by Gasteiger charge is 2.09. The van der Waals surface area contributed by atoms with Gasteiger partial charge in [-0.2, -0.15) is 0 Å². The molecule has 0 aliphatic heterocycles. The van der Waals surface area contributed by atoms with E-state index >= 15 is 0 Å². The zero-order valence-corrected chi connectivity index (χ0v) is 10.1. The summed E-state index contributed by atoms with van der Waals surface area (Å²) in [6.07, 6.45) is 0. The van der Waals surface area contributed by atoms with Gasteiger partial charge in [0, 0.05) is 18.3 Å². The lowest BCUT2D eigenvalue weighted by molar-refractivity contribution is -0.117. The summed E-state index contributed by atoms with van der Waals surface area (Å²) < 4.78 is 25.8. The number of benzene rings is 1. The van der Waals surface area contributed by atoms with E-state index in [1.54, 1.807) is 4.90 Å². The van der Waals surface area contributed by atoms with Crippen LogP contribution in [0.15, 0.2) is 18.2 Å². The topological polar surface area (TPSA) is 52.6 Å². The van der Waals surface area contributed by atoms with Gasteiger partial charge in [-0.15, -0.1) is 0 Å². The molecular formula is C12H16F2N2O2. The summed E-state index contributed by atoms with van der Waals surface area (Å²) in [5, 5.41) is 11.2. The first-order valence-corrected chi connectivity index (χ1v) is 5.64. The van der Waals surface area contributed by atoms with Crippen LogP contribution in [0.2, 0.25) is 0 Å². The summed E-state index contributed by atoms with van der Waals surface area (Å²) in [4.78, 5) is 13.3. The number of hydrogen-bond acceptors (Lipinski definition) is 3. The van der Waals surface area contributed by atoms with Crippen LogP contribution in [0.1, 0.15) is 6.92 Å². The molecule has 100 valence electrons. The van der Waals surface area contributed by atoms with Crippen molar-refractivity contribution >= 4 is 11.6 Å². The van der Waals surface area contributed by atoms with Crippen molar-refractivity contribution in [2.24, 2.45) is 0 Å². The highest BCUT2D eigenvalue weighted by molar-refractivity contribution is 5.92. The summed E-state index contributed by atoms with van der Waals surface area (Å²) in [5.41, 5.74) is 0.0811. The average Bonchev–Trinajstić information content (AvgIpc) is 2.26. The molecule has 0 bridgehead atoms. The van der Waals surface area contributed by atoms with Gasteiger partial charge < -0.3 is 10.4 Å². The molecule has 0 fully saturated rings. The maximum atomic E-state index is 12.9. The number of amides is 1. The SMILES string of the molecule is CCN(CCO)CC(=O)Nc1cc(F)cc(F)c1. The molecule has 0 atom stereocenters. The second kappa shape index (κ2) is 7.03. The average molecular weight is 258 g/mol. The van der Waals surface area contributed by atoms with Crippen molar-refractivity contribution < 1.29 is 18.7 Å². The van der Waals surface area contributed by atoms with Crippen molar-refractivity contribution in [3.63, 3.8) is 0 Å². The Balaban J connectivity index is 2.58. The summed E-state index contributed by atoms with van der Waals surface area (Å²) >= 11 is 0. The van der Waals surface area contributed by atoms with Crippen molar-refractivity contribution in [2.75, 3.05) is 31.6 Å². The number of hydrogen-bond donors (Lipinski definition) is 2. The van der Waals surface area contributed by atoms with Crippen molar-refractivity contribution in [2.45, 2.75) is 6.92 Å². The normalized spacial score (nSPS) is 10.7. The maximum Gasteiger partial charge on any atom is 0.238 e. The number of nitrogens with one attached hydrogen (secondary N) is 1. The molecule has 0 aliphatic rings. The van der Waals surface area contributed by atoms with Crippen LogP contribution in [0.5, 0.6) is 0 Å². The lowest BCUT2D eigenvalue weighted by atomic mass is 10.3. The standard InChI is InChI=1S/C12H16F2N2O2/c1-2-16(3-4-17)8-12(18)15-11-6-9(13)5-10(14)7-11/h5-7,17H,2-4,8H2,1H3,(H,15,18). The third kappa shape index (κ3) is 4.77. The Morgan fingerprint density at radius 3 is 2.44 bits per heavy atom. The second-order valence-electron chi connectivity index (χ2n) is 3.80. The second-order valence-corrected chi connectivity index (χ2v) is 3.80. The number of aliphatic hydroxyl groups is 1. The Morgan fingerprint density at radius 1 is 1.33 bits per heavy atom. The number of carbonyl (C=O) groups is 1. The van der Waals surface area contributed by atoms with Crippen LogP contribution >= 0.6 is 0 Å². The van der Waals surface area contributed by atoms with Crippen molar-refractivity contribution in [3.05, 3.63) is 29.8 Å². The molecule has 0 spiro atoms. The summed E-state index contributed by atoms with van der Waals surface area (Å²) in [5.74, 6) is -1.86. The molecule has 1 aromatic carbocycles. The van der Waals surface area contributed by atoms with E-state index in [4.69, 9.17) is 5.11 Å². The first-order valence-electron chi connectivity index (χ1n) is 5.64. The van der Waals surface area contributed by atoms with Crippen molar-refractivity contribution in [1.29, 1.82) is 0 Å². The molecule has 1 rings (SSSR count). The van der Waals surface area contributed by atoms with Gasteiger partial charge in [0.05, 0.1) is 13.2 Å². The molecule has 4 nitrogen and oxygen atoms in total. The van der Waals surface area contributed by atoms with Gasteiger partial charge in [0.2, 0.25) is 5.91 Å². The predicted molar refractivity (Wildman–Crippen MR) is 64.2 cm³/mol. The Hall–Kier alpha value is -1.53. The van der Waals surface area contributed by atoms with Gasteiger partial charge in [0.1, 0.15) is 11.6 Å². The van der Waals surface area contributed by atoms with Gasteiger partial charge >= 0.3 is 0 Å². The van der Waals surface area contributed by atoms with E-state index in [-0.39, 0.29) is 24.7 Å². The fraction of sp³-hybridized carbons (Fsp3) is 0.417. The quantitative estimate of drug-likeness (QED) is 0.806. The molecule has 0 saturated carbocycles. The van der Waals surface area contributed by atoms with E-state index in [1.807, 2.05) is 6.92 Å². The zero-order chi connectivity index (χ0) is 13.5. The molecule has 0 aromatic heterocycles. The molecule has 18 heavy (non-hydrogen) atoms. The summed E-state index contributed by atoms with van der Waals surface area (Å²) in [7, 11) is 0. The minimum Gasteiger partial charge on any atom is -0.395 e. The highest BCUT2D eigenvalue weighted by Crippen LogP contribution is 2.12. The Bertz CT molecular complexity index is 393. The van der Waals surface area contributed by atoms with Crippen LogP contribution in [0.4, 0.5) is 14.5 Å². The summed E-state index contributed by atoms with van der Waals surface area (Å²) in [6, 6.07) is 2.83. The third-order valence-electron chi connectivity index (χ3n) is 2.38. The maximum absolute atomic E-state index is 12.9. The summed E-state index contributed by atoms with van der Waals surface area (Å²) in [6.45, 7) is 2.85. The number of rotatable bonds is 6. The van der Waals surface area contributed by atoms with Gasteiger partial charge in [-0.05, 0) is 18.7 Å². The first-order chi connectivity index (χ1) is 8.55. The number of carbonyl (C=O) groups excluding carboxylic acids is 1. The van der Waals surface area contributed by atoms with Gasteiger partial charge in [0.15, 0.2) is 0 Å². The van der Waals surface area contributed by atoms with Crippen LogP contribution in [-0.2, 0) is 4.79 Å². The first kappa shape index (κ1) is 14.5. The van der Waals surface area contributed by atoms with E-state index in [1.165, 1.54) is 0 Å². The molecule has 2 N–H and O–H groups in total. The van der Waals surface area contributed by atoms with Crippen LogP contribution in [0, 0.1) is 11.6 Å². The molecule has 0 heterocycles. The van der Waals surface area contributed by atoms with Gasteiger partial charge in [-0.25, -0.2) is 8.78 Å². The molecule has 1 amide bonds. The fourth-order valence-electron chi connectivity index (χ4n) is 1.52. The van der Waals surface area contributed by atoms with Crippen molar-refractivity contribution in [1.82, 2.24) is 4.90 Å². The minimum atomic E-state index is -0.743. The number of halogens is 2. The third-order valence-corrected chi connectivity index (χ3v) is 2.38. The predicted octanol–water partition coefficient (Wildman–Crippen LogP) is 1.22. The van der Waals surface area contributed by atoms with E-state index < -0.39 is 11.6 Å². The van der Waals surface area contributed by atoms with Crippen molar-refractivity contribution in [3.8, 4) is 0 Å². The van der Waals surface area contributed by atoms with Gasteiger partial charge in [-0.1, -0.05) is 6.92 Å². The van der Waals surface area contributed by atoms with Crippen LogP contribution in [0.25, 0.3) is 0 Å². The Kier molecular flexibility index (Phi) is 5.67. The smallest absolute Gasteiger partial charge is 0.238 e. The van der Waals surface area contributed by atoms with Gasteiger partial charge in [0.25, 0.3) is 0 Å². The Labute approximate surface area is 104 Å². The number of nitrogens with zero attached hydrogens (tertiary/aromatic N) is 1. The van der Waals surface area contributed by atoms with Crippen LogP contribution < -0.4 is 5.32 Å². The van der Waals surface area contributed by atoms with Crippen LogP contribution in [0.3, 0.4) is 0 Å². The zero-order valence-electron chi connectivity index (χ0n) is 10.1. The number of anilines is 1. The van der Waals surface area contributed by atoms with E-state index in [0.29, 0.717) is 13.1 Å². The Morgan fingerprint density at radius 2 is 1.94 bits per heavy atom. The van der Waals surface area contributed by atoms with Gasteiger partial charge in [-0.3, -0.25) is 9.69 Å². The fourth-order valence-corrected chi connectivity index (χ4v) is 1.52. The number of aliphatic hydroxyl groups excluding tert-OH is 1. The minimum absolute atomic E-state index is 0.0459. The molecular weight excluding hydrogens is 242 g/mol. The lowest BCUT2D eigenvalue weighted by Crippen LogP contribution is -2.35. The molecule has 6 heteroatoms. The molecule has 1 aromatic rings. The molecule has 0 radical (unpaired) electrons. The molecule has 0 unspecified atom stereocenters. The highest BCUT2D eigenvalue weighted by atomic mass is 19.1. The van der Waals surface area contributed by atoms with Crippen LogP contribution in [-0.4, -0.2) is 42.2 Å². The molecule has 0 saturated heterocycles. The van der Waals surface area contributed by atoms with E-state index in [0.717, 1.165) is 18.2 Å². The monoisotopic (exact) mass is 258 g/mol.